The van der Waals surface area contributed by atoms with Crippen LogP contribution in [0.15, 0.2) is 60.7 Å². The molecule has 0 saturated carbocycles. The Balaban J connectivity index is 1.31. The van der Waals surface area contributed by atoms with Crippen LogP contribution in [0.5, 0.6) is 0 Å². The maximum absolute atomic E-state index is 11.0. The molecule has 4 rings (SSSR count). The maximum atomic E-state index is 11.0. The van der Waals surface area contributed by atoms with Gasteiger partial charge in [0.05, 0.1) is 50.8 Å². The minimum absolute atomic E-state index is 0.00996. The average molecular weight is 581 g/mol. The van der Waals surface area contributed by atoms with Gasteiger partial charge in [0, 0.05) is 0 Å². The van der Waals surface area contributed by atoms with Gasteiger partial charge in [-0.05, 0) is 54.9 Å². The number of hydrogen-bond donors (Lipinski definition) is 1. The molecule has 2 aliphatic rings. The second kappa shape index (κ2) is 14.9. The summed E-state index contributed by atoms with van der Waals surface area (Å²) in [4.78, 5) is 0. The molecule has 0 bridgehead atoms. The van der Waals surface area contributed by atoms with Crippen molar-refractivity contribution in [3.8, 4) is 11.8 Å². The largest absolute Gasteiger partial charge is 0.401 e. The Morgan fingerprint density at radius 2 is 1.27 bits per heavy atom. The summed E-state index contributed by atoms with van der Waals surface area (Å²) in [7, 11) is -2.13. The lowest BCUT2D eigenvalue weighted by molar-refractivity contribution is -0.0501. The van der Waals surface area contributed by atoms with Crippen LogP contribution in [0.2, 0.25) is 18.1 Å². The first-order valence-corrected chi connectivity index (χ1v) is 17.9. The van der Waals surface area contributed by atoms with E-state index in [2.05, 4.69) is 57.8 Å². The van der Waals surface area contributed by atoms with Crippen LogP contribution in [0.1, 0.15) is 57.6 Å². The Bertz CT molecular complexity index is 1110. The SMILES string of the molecule is CC(C)(C)[Si](C)(C)OC(C#CC(O)[C@H]1CC[C@H](COCc2ccccc2)O1)[C@H]1CC[C@H](COCc2ccccc2)O1. The lowest BCUT2D eigenvalue weighted by Crippen LogP contribution is -2.47. The number of ether oxygens (including phenoxy) is 4. The van der Waals surface area contributed by atoms with Crippen LogP contribution in [0.3, 0.4) is 0 Å². The van der Waals surface area contributed by atoms with Crippen LogP contribution in [-0.2, 0) is 36.6 Å². The predicted molar refractivity (Wildman–Crippen MR) is 164 cm³/mol. The van der Waals surface area contributed by atoms with Crippen LogP contribution in [-0.4, -0.2) is 63.3 Å². The summed E-state index contributed by atoms with van der Waals surface area (Å²) >= 11 is 0. The number of hydrogen-bond acceptors (Lipinski definition) is 6. The van der Waals surface area contributed by atoms with Gasteiger partial charge < -0.3 is 28.5 Å². The van der Waals surface area contributed by atoms with Crippen LogP contribution >= 0.6 is 0 Å². The van der Waals surface area contributed by atoms with Gasteiger partial charge in [0.25, 0.3) is 0 Å². The Hall–Kier alpha value is -2.02. The standard InChI is InChI=1S/C34H48O6Si/c1-34(2,3)41(4,5)40-33(32-20-17-29(39-32)25-37-23-27-14-10-7-11-15-27)21-18-30(35)31-19-16-28(38-31)24-36-22-26-12-8-6-9-13-26/h6-15,28-33,35H,16-17,19-20,22-25H2,1-5H3/t28-,29-,30?,31-,32-,33?/m1/s1. The van der Waals surface area contributed by atoms with Crippen molar-refractivity contribution in [1.82, 2.24) is 0 Å². The minimum atomic E-state index is -2.13. The van der Waals surface area contributed by atoms with E-state index in [1.165, 1.54) is 0 Å². The second-order valence-electron chi connectivity index (χ2n) is 12.8. The van der Waals surface area contributed by atoms with Gasteiger partial charge in [-0.2, -0.15) is 0 Å². The van der Waals surface area contributed by atoms with E-state index < -0.39 is 20.5 Å². The Labute approximate surface area is 247 Å². The molecule has 2 aromatic carbocycles. The van der Waals surface area contributed by atoms with E-state index in [1.807, 2.05) is 48.5 Å². The number of aliphatic hydroxyl groups excluding tert-OH is 1. The minimum Gasteiger partial charge on any atom is -0.401 e. The van der Waals surface area contributed by atoms with Gasteiger partial charge in [0.15, 0.2) is 8.32 Å². The van der Waals surface area contributed by atoms with Crippen molar-refractivity contribution >= 4 is 8.32 Å². The van der Waals surface area contributed by atoms with Gasteiger partial charge in [-0.1, -0.05) is 93.3 Å². The molecule has 2 fully saturated rings. The van der Waals surface area contributed by atoms with Gasteiger partial charge in [0.2, 0.25) is 0 Å². The number of aliphatic hydroxyl groups is 1. The zero-order chi connectivity index (χ0) is 29.3. The highest BCUT2D eigenvalue weighted by molar-refractivity contribution is 6.74. The first-order valence-electron chi connectivity index (χ1n) is 15.0. The summed E-state index contributed by atoms with van der Waals surface area (Å²) < 4.78 is 31.1. The van der Waals surface area contributed by atoms with Crippen LogP contribution in [0, 0.1) is 11.8 Å². The summed E-state index contributed by atoms with van der Waals surface area (Å²) in [6.07, 6.45) is 1.55. The molecule has 2 heterocycles. The summed E-state index contributed by atoms with van der Waals surface area (Å²) in [6, 6.07) is 20.3. The summed E-state index contributed by atoms with van der Waals surface area (Å²) in [5.41, 5.74) is 2.29. The smallest absolute Gasteiger partial charge is 0.193 e. The normalized spacial score (nSPS) is 24.5. The van der Waals surface area contributed by atoms with E-state index in [4.69, 9.17) is 23.4 Å². The van der Waals surface area contributed by atoms with E-state index in [0.29, 0.717) is 26.4 Å². The van der Waals surface area contributed by atoms with Gasteiger partial charge in [-0.25, -0.2) is 0 Å². The Morgan fingerprint density at radius 3 is 1.78 bits per heavy atom. The predicted octanol–water partition coefficient (Wildman–Crippen LogP) is 6.27. The molecule has 6 atom stereocenters. The van der Waals surface area contributed by atoms with E-state index in [0.717, 1.165) is 36.8 Å². The zero-order valence-electron chi connectivity index (χ0n) is 25.4. The van der Waals surface area contributed by atoms with E-state index in [-0.39, 0.29) is 29.5 Å². The Morgan fingerprint density at radius 1 is 0.780 bits per heavy atom. The first kappa shape index (κ1) is 31.9. The van der Waals surface area contributed by atoms with Gasteiger partial charge >= 0.3 is 0 Å². The van der Waals surface area contributed by atoms with Crippen molar-refractivity contribution in [1.29, 1.82) is 0 Å². The third kappa shape index (κ3) is 9.76. The highest BCUT2D eigenvalue weighted by Crippen LogP contribution is 2.39. The van der Waals surface area contributed by atoms with Gasteiger partial charge in [0.1, 0.15) is 12.2 Å². The van der Waals surface area contributed by atoms with Crippen molar-refractivity contribution in [2.45, 2.75) is 114 Å². The molecule has 0 aromatic heterocycles. The molecule has 0 aliphatic carbocycles. The maximum Gasteiger partial charge on any atom is 0.193 e. The van der Waals surface area contributed by atoms with Crippen LogP contribution < -0.4 is 0 Å². The second-order valence-corrected chi connectivity index (χ2v) is 17.5. The van der Waals surface area contributed by atoms with Gasteiger partial charge in [-0.15, -0.1) is 0 Å². The zero-order valence-corrected chi connectivity index (χ0v) is 26.4. The molecule has 2 aromatic rings. The van der Waals surface area contributed by atoms with Gasteiger partial charge in [-0.3, -0.25) is 0 Å². The molecular formula is C34H48O6Si. The lowest BCUT2D eigenvalue weighted by Gasteiger charge is -2.39. The third-order valence-electron chi connectivity index (χ3n) is 8.40. The van der Waals surface area contributed by atoms with Crippen molar-refractivity contribution in [2.24, 2.45) is 0 Å². The molecule has 7 heteroatoms. The topological polar surface area (TPSA) is 66.4 Å². The molecule has 0 spiro atoms. The monoisotopic (exact) mass is 580 g/mol. The molecule has 6 nitrogen and oxygen atoms in total. The molecule has 2 unspecified atom stereocenters. The summed E-state index contributed by atoms with van der Waals surface area (Å²) in [6.45, 7) is 13.3. The first-order chi connectivity index (χ1) is 19.6. The highest BCUT2D eigenvalue weighted by Gasteiger charge is 2.42. The fraction of sp³-hybridized carbons (Fsp3) is 0.588. The third-order valence-corrected chi connectivity index (χ3v) is 12.9. The van der Waals surface area contributed by atoms with E-state index in [9.17, 15) is 5.11 Å². The lowest BCUT2D eigenvalue weighted by atomic mass is 10.1. The highest BCUT2D eigenvalue weighted by atomic mass is 28.4. The molecule has 41 heavy (non-hydrogen) atoms. The molecule has 224 valence electrons. The molecule has 0 amide bonds. The fourth-order valence-electron chi connectivity index (χ4n) is 4.88. The fourth-order valence-corrected chi connectivity index (χ4v) is 6.08. The average Bonchev–Trinajstić information content (AvgIpc) is 3.62. The molecule has 1 N–H and O–H groups in total. The summed E-state index contributed by atoms with van der Waals surface area (Å²) in [5.74, 6) is 6.37. The summed E-state index contributed by atoms with van der Waals surface area (Å²) in [5, 5.41) is 11.0. The van der Waals surface area contributed by atoms with Crippen LogP contribution in [0.25, 0.3) is 0 Å². The van der Waals surface area contributed by atoms with Crippen molar-refractivity contribution in [3.05, 3.63) is 71.8 Å². The van der Waals surface area contributed by atoms with E-state index >= 15 is 0 Å². The van der Waals surface area contributed by atoms with Crippen molar-refractivity contribution in [3.63, 3.8) is 0 Å². The number of benzene rings is 2. The number of rotatable bonds is 12. The molecular weight excluding hydrogens is 532 g/mol. The molecule has 2 aliphatic heterocycles. The quantitative estimate of drug-likeness (QED) is 0.236. The molecule has 2 saturated heterocycles. The molecule has 0 radical (unpaired) electrons. The van der Waals surface area contributed by atoms with Crippen molar-refractivity contribution in [2.75, 3.05) is 13.2 Å². The van der Waals surface area contributed by atoms with E-state index in [1.54, 1.807) is 0 Å². The Kier molecular flexibility index (Phi) is 11.6. The van der Waals surface area contributed by atoms with Crippen LogP contribution in [0.4, 0.5) is 0 Å². The van der Waals surface area contributed by atoms with Crippen molar-refractivity contribution < 1.29 is 28.5 Å².